The minimum atomic E-state index is 0.616. The molecule has 58 heavy (non-hydrogen) atoms. The highest BCUT2D eigenvalue weighted by Crippen LogP contribution is 2.54. The third-order valence-corrected chi connectivity index (χ3v) is 11.6. The lowest BCUT2D eigenvalue weighted by atomic mass is 9.87. The molecule has 0 aliphatic carbocycles. The van der Waals surface area contributed by atoms with E-state index in [1.165, 1.54) is 44.0 Å². The Morgan fingerprint density at radius 3 is 2.03 bits per heavy atom. The van der Waals surface area contributed by atoms with Crippen molar-refractivity contribution in [3.05, 3.63) is 205 Å². The molecule has 0 unspecified atom stereocenters. The number of anilines is 3. The van der Waals surface area contributed by atoms with Gasteiger partial charge in [-0.15, -0.1) is 0 Å². The summed E-state index contributed by atoms with van der Waals surface area (Å²) in [6.07, 6.45) is 2.09. The van der Waals surface area contributed by atoms with Gasteiger partial charge in [0.05, 0.1) is 22.8 Å². The predicted octanol–water partition coefficient (Wildman–Crippen LogP) is 14.8. The molecule has 1 aliphatic rings. The Labute approximate surface area is 336 Å². The van der Waals surface area contributed by atoms with E-state index in [0.29, 0.717) is 5.84 Å². The van der Waals surface area contributed by atoms with Gasteiger partial charge in [-0.1, -0.05) is 152 Å². The normalized spacial score (nSPS) is 13.3. The zero-order chi connectivity index (χ0) is 38.7. The zero-order valence-corrected chi connectivity index (χ0v) is 32.1. The summed E-state index contributed by atoms with van der Waals surface area (Å²) in [5.41, 5.74) is 12.3. The van der Waals surface area contributed by atoms with Crippen LogP contribution in [0, 0.1) is 0 Å². The van der Waals surface area contributed by atoms with Crippen molar-refractivity contribution in [2.45, 2.75) is 13.8 Å². The maximum Gasteiger partial charge on any atom is 0.160 e. The van der Waals surface area contributed by atoms with Crippen molar-refractivity contribution in [3.63, 3.8) is 0 Å². The van der Waals surface area contributed by atoms with E-state index in [2.05, 4.69) is 163 Å². The minimum absolute atomic E-state index is 0.616. The van der Waals surface area contributed by atoms with E-state index in [1.54, 1.807) is 0 Å². The number of benzene rings is 9. The van der Waals surface area contributed by atoms with E-state index in [1.807, 2.05) is 43.3 Å². The van der Waals surface area contributed by atoms with Crippen LogP contribution in [-0.4, -0.2) is 11.5 Å². The molecule has 0 fully saturated rings. The lowest BCUT2D eigenvalue weighted by Gasteiger charge is -2.35. The second-order valence-corrected chi connectivity index (χ2v) is 14.9. The molecule has 1 aliphatic heterocycles. The van der Waals surface area contributed by atoms with Gasteiger partial charge in [0, 0.05) is 43.9 Å². The maximum absolute atomic E-state index is 6.35. The molecule has 11 rings (SSSR count). The summed E-state index contributed by atoms with van der Waals surface area (Å²) in [4.78, 5) is 13.1. The molecule has 1 aromatic heterocycles. The lowest BCUT2D eigenvalue weighted by molar-refractivity contribution is 0.669. The molecule has 0 N–H and O–H groups in total. The van der Waals surface area contributed by atoms with E-state index in [4.69, 9.17) is 14.4 Å². The van der Waals surface area contributed by atoms with E-state index in [9.17, 15) is 0 Å². The van der Waals surface area contributed by atoms with Crippen LogP contribution in [-0.2, 0) is 0 Å². The van der Waals surface area contributed by atoms with Gasteiger partial charge in [0.25, 0.3) is 0 Å². The lowest BCUT2D eigenvalue weighted by Crippen LogP contribution is -2.15. The Morgan fingerprint density at radius 2 is 1.19 bits per heavy atom. The first-order valence-corrected chi connectivity index (χ1v) is 19.8. The summed E-state index contributed by atoms with van der Waals surface area (Å²) >= 11 is 0. The maximum atomic E-state index is 6.35. The molecule has 274 valence electrons. The van der Waals surface area contributed by atoms with Crippen molar-refractivity contribution in [2.24, 2.45) is 9.98 Å². The average Bonchev–Trinajstić information content (AvgIpc) is 3.66. The Hall–Kier alpha value is -7.56. The van der Waals surface area contributed by atoms with Crippen LogP contribution >= 0.6 is 0 Å². The van der Waals surface area contributed by atoms with Gasteiger partial charge in [0.1, 0.15) is 11.2 Å². The van der Waals surface area contributed by atoms with Crippen LogP contribution in [0.1, 0.15) is 30.5 Å². The number of fused-ring (bicyclic) bond motifs is 8. The van der Waals surface area contributed by atoms with E-state index >= 15 is 0 Å². The molecular weight excluding hydrogens is 707 g/mol. The summed E-state index contributed by atoms with van der Waals surface area (Å²) in [7, 11) is 0. The number of aliphatic imine (C=N–C) groups is 2. The summed E-state index contributed by atoms with van der Waals surface area (Å²) in [5.74, 6) is 0.616. The van der Waals surface area contributed by atoms with Crippen molar-refractivity contribution in [1.29, 1.82) is 0 Å². The van der Waals surface area contributed by atoms with Crippen LogP contribution in [0.2, 0.25) is 0 Å². The number of furan rings is 1. The van der Waals surface area contributed by atoms with E-state index in [0.717, 1.165) is 66.5 Å². The van der Waals surface area contributed by atoms with Gasteiger partial charge >= 0.3 is 0 Å². The van der Waals surface area contributed by atoms with E-state index in [-0.39, 0.29) is 0 Å². The molecule has 0 atom stereocenters. The highest BCUT2D eigenvalue weighted by molar-refractivity contribution is 6.21. The fourth-order valence-corrected chi connectivity index (χ4v) is 8.85. The van der Waals surface area contributed by atoms with Gasteiger partial charge in [-0.25, -0.2) is 9.98 Å². The van der Waals surface area contributed by atoms with Gasteiger partial charge in [-0.3, -0.25) is 0 Å². The summed E-state index contributed by atoms with van der Waals surface area (Å²) in [6.45, 7) is 4.10. The van der Waals surface area contributed by atoms with Crippen molar-refractivity contribution in [3.8, 4) is 11.1 Å². The number of hydrogen-bond donors (Lipinski definition) is 0. The van der Waals surface area contributed by atoms with Crippen molar-refractivity contribution in [1.82, 2.24) is 0 Å². The molecule has 0 saturated carbocycles. The van der Waals surface area contributed by atoms with Crippen LogP contribution in [0.15, 0.2) is 202 Å². The highest BCUT2D eigenvalue weighted by atomic mass is 16.3. The number of hydrogen-bond acceptors (Lipinski definition) is 3. The van der Waals surface area contributed by atoms with E-state index < -0.39 is 0 Å². The molecule has 4 heteroatoms. The summed E-state index contributed by atoms with van der Waals surface area (Å²) in [5, 5.41) is 9.38. The Bertz CT molecular complexity index is 3360. The van der Waals surface area contributed by atoms with Crippen molar-refractivity contribution < 1.29 is 4.42 Å². The number of rotatable bonds is 5. The van der Waals surface area contributed by atoms with Crippen LogP contribution in [0.4, 0.5) is 17.1 Å². The SMILES string of the molecule is C/C=C(\N=C(N=C(C)c1ccccc1)c1ccc2c(c1)oc1ccccc12)c1ccc(N2c3ccc4ccccc4c3-c3cccc4cccc2c34)c2ccccc12. The second kappa shape index (κ2) is 13.6. The molecule has 9 aromatic carbocycles. The molecule has 0 radical (unpaired) electrons. The number of amidine groups is 1. The summed E-state index contributed by atoms with van der Waals surface area (Å²) < 4.78 is 6.35. The second-order valence-electron chi connectivity index (χ2n) is 14.9. The van der Waals surface area contributed by atoms with Crippen molar-refractivity contribution in [2.75, 3.05) is 4.90 Å². The predicted molar refractivity (Wildman–Crippen MR) is 245 cm³/mol. The first kappa shape index (κ1) is 33.8. The highest BCUT2D eigenvalue weighted by Gasteiger charge is 2.28. The van der Waals surface area contributed by atoms with Gasteiger partial charge in [0.15, 0.2) is 5.84 Å². The molecule has 10 aromatic rings. The molecule has 0 saturated heterocycles. The smallest absolute Gasteiger partial charge is 0.160 e. The third kappa shape index (κ3) is 5.37. The largest absolute Gasteiger partial charge is 0.456 e. The quantitative estimate of drug-likeness (QED) is 0.130. The van der Waals surface area contributed by atoms with Gasteiger partial charge < -0.3 is 9.32 Å². The first-order chi connectivity index (χ1) is 28.6. The third-order valence-electron chi connectivity index (χ3n) is 11.6. The number of nitrogens with zero attached hydrogens (tertiary/aromatic N) is 3. The van der Waals surface area contributed by atoms with Crippen LogP contribution in [0.5, 0.6) is 0 Å². The fourth-order valence-electron chi connectivity index (χ4n) is 8.85. The zero-order valence-electron chi connectivity index (χ0n) is 32.1. The summed E-state index contributed by atoms with van der Waals surface area (Å²) in [6, 6.07) is 64.5. The molecule has 0 spiro atoms. The Balaban J connectivity index is 1.11. The molecular formula is C54H37N3O. The molecule has 0 bridgehead atoms. The van der Waals surface area contributed by atoms with Crippen LogP contribution < -0.4 is 4.90 Å². The topological polar surface area (TPSA) is 41.1 Å². The van der Waals surface area contributed by atoms with Crippen LogP contribution in [0.3, 0.4) is 0 Å². The fraction of sp³-hybridized carbons (Fsp3) is 0.0370. The average molecular weight is 744 g/mol. The Morgan fingerprint density at radius 1 is 0.500 bits per heavy atom. The number of para-hydroxylation sites is 1. The van der Waals surface area contributed by atoms with Crippen molar-refractivity contribution >= 4 is 88.6 Å². The standard InChI is InChI=1S/C54H37N3O/c1-3-46(56-54(55-34(2)35-15-5-4-6-16-35)38-27-29-44-43-23-11-12-26-50(43)58-51(44)33-38)41-30-32-47(42-22-10-9-21-40(41)42)57-48-25-14-19-37-18-13-24-45(52(37)48)53-39-20-8-7-17-36(39)28-31-49(53)57/h3-33H,1-2H3/b46-3-,55-34?,56-54?. The van der Waals surface area contributed by atoms with Gasteiger partial charge in [-0.2, -0.15) is 0 Å². The number of allylic oxidation sites excluding steroid dienone is 1. The molecule has 2 heterocycles. The minimum Gasteiger partial charge on any atom is -0.456 e. The molecule has 0 amide bonds. The van der Waals surface area contributed by atoms with Crippen LogP contribution in [0.25, 0.3) is 71.1 Å². The first-order valence-electron chi connectivity index (χ1n) is 19.8. The molecule has 4 nitrogen and oxygen atoms in total. The Kier molecular flexibility index (Phi) is 7.90. The van der Waals surface area contributed by atoms with Gasteiger partial charge in [-0.05, 0) is 82.9 Å². The monoisotopic (exact) mass is 743 g/mol. The van der Waals surface area contributed by atoms with Gasteiger partial charge in [0.2, 0.25) is 0 Å².